The summed E-state index contributed by atoms with van der Waals surface area (Å²) in [6, 6.07) is 0. The molecule has 0 aromatic rings. The molecule has 13 nitrogen and oxygen atoms in total. The van der Waals surface area contributed by atoms with Crippen molar-refractivity contribution in [3.8, 4) is 0 Å². The van der Waals surface area contributed by atoms with Gasteiger partial charge in [0.2, 0.25) is 5.91 Å². The second-order valence-electron chi connectivity index (χ2n) is 17.9. The molecule has 0 bridgehead atoms. The van der Waals surface area contributed by atoms with E-state index in [9.17, 15) is 28.8 Å². The smallest absolute Gasteiger partial charge is 0.311 e. The third kappa shape index (κ3) is 13.5. The lowest BCUT2D eigenvalue weighted by Gasteiger charge is -2.52. The van der Waals surface area contributed by atoms with Gasteiger partial charge in [-0.2, -0.15) is 0 Å². The highest BCUT2D eigenvalue weighted by molar-refractivity contribution is 5.78. The Labute approximate surface area is 292 Å². The van der Waals surface area contributed by atoms with Crippen LogP contribution in [-0.2, 0) is 57.2 Å². The van der Waals surface area contributed by atoms with Crippen LogP contribution in [0.1, 0.15) is 124 Å². The van der Waals surface area contributed by atoms with Crippen LogP contribution in [-0.4, -0.2) is 84.5 Å². The molecular formula is C36H61NO12. The molecule has 0 unspecified atom stereocenters. The van der Waals surface area contributed by atoms with Gasteiger partial charge in [0, 0.05) is 13.3 Å². The first-order valence-corrected chi connectivity index (χ1v) is 16.7. The van der Waals surface area contributed by atoms with Crippen LogP contribution < -0.4 is 5.32 Å². The predicted molar refractivity (Wildman–Crippen MR) is 180 cm³/mol. The molecule has 1 fully saturated rings. The zero-order valence-electron chi connectivity index (χ0n) is 32.5. The third-order valence-corrected chi connectivity index (χ3v) is 7.25. The molecule has 0 spiro atoms. The van der Waals surface area contributed by atoms with Crippen molar-refractivity contribution in [2.24, 2.45) is 21.7 Å². The molecular weight excluding hydrogens is 638 g/mol. The van der Waals surface area contributed by atoms with E-state index < -0.39 is 99.6 Å². The topological polar surface area (TPSA) is 170 Å². The first-order chi connectivity index (χ1) is 21.8. The highest BCUT2D eigenvalue weighted by atomic mass is 16.7. The Morgan fingerprint density at radius 2 is 1.06 bits per heavy atom. The minimum Gasteiger partial charge on any atom is -0.462 e. The summed E-state index contributed by atoms with van der Waals surface area (Å²) >= 11 is 0. The predicted octanol–water partition coefficient (Wildman–Crippen LogP) is 4.85. The van der Waals surface area contributed by atoms with E-state index in [0.717, 1.165) is 0 Å². The molecule has 0 aromatic heterocycles. The van der Waals surface area contributed by atoms with Crippen molar-refractivity contribution in [1.82, 2.24) is 5.32 Å². The van der Waals surface area contributed by atoms with E-state index in [1.807, 2.05) is 0 Å². The molecule has 1 N–H and O–H groups in total. The van der Waals surface area contributed by atoms with Gasteiger partial charge in [-0.1, -0.05) is 0 Å². The van der Waals surface area contributed by atoms with E-state index in [2.05, 4.69) is 5.32 Å². The van der Waals surface area contributed by atoms with Crippen molar-refractivity contribution >= 4 is 35.8 Å². The van der Waals surface area contributed by atoms with Gasteiger partial charge in [-0.05, 0) is 110 Å². The zero-order valence-corrected chi connectivity index (χ0v) is 32.5. The van der Waals surface area contributed by atoms with Crippen molar-refractivity contribution in [2.45, 2.75) is 159 Å². The molecule has 1 rings (SSSR count). The second kappa shape index (κ2) is 15.8. The highest BCUT2D eigenvalue weighted by Gasteiger charge is 2.61. The van der Waals surface area contributed by atoms with E-state index in [0.29, 0.717) is 0 Å². The minimum atomic E-state index is -1.78. The summed E-state index contributed by atoms with van der Waals surface area (Å²) in [6.07, 6.45) is -6.34. The number of hydrogen-bond donors (Lipinski definition) is 1. The normalized spacial score (nSPS) is 23.5. The molecule has 0 aliphatic carbocycles. The number of esters is 5. The number of ether oxygens (including phenoxy) is 6. The monoisotopic (exact) mass is 699 g/mol. The summed E-state index contributed by atoms with van der Waals surface area (Å²) in [4.78, 5) is 79.2. The first-order valence-electron chi connectivity index (χ1n) is 16.7. The molecule has 1 amide bonds. The van der Waals surface area contributed by atoms with Crippen LogP contribution in [0.3, 0.4) is 0 Å². The number of hydrogen-bond acceptors (Lipinski definition) is 12. The number of carbonyl (C=O) groups is 6. The van der Waals surface area contributed by atoms with Gasteiger partial charge < -0.3 is 33.7 Å². The number of nitrogens with one attached hydrogen (secondary N) is 1. The Hall–Kier alpha value is -3.22. The van der Waals surface area contributed by atoms with Crippen LogP contribution in [0.4, 0.5) is 0 Å². The molecule has 282 valence electrons. The maximum Gasteiger partial charge on any atom is 0.311 e. The third-order valence-electron chi connectivity index (χ3n) is 7.25. The van der Waals surface area contributed by atoms with Crippen LogP contribution in [0.15, 0.2) is 0 Å². The Bertz CT molecular complexity index is 1220. The van der Waals surface area contributed by atoms with Gasteiger partial charge in [0.15, 0.2) is 18.3 Å². The lowest BCUT2D eigenvalue weighted by Crippen LogP contribution is -2.71. The van der Waals surface area contributed by atoms with Crippen LogP contribution >= 0.6 is 0 Å². The van der Waals surface area contributed by atoms with E-state index in [4.69, 9.17) is 28.4 Å². The summed E-state index contributed by atoms with van der Waals surface area (Å²) in [6.45, 7) is 25.2. The Balaban J connectivity index is 4.14. The Morgan fingerprint density at radius 1 is 0.633 bits per heavy atom. The SMILES string of the molecule is CC(=O)NC[C@]1(CCC(=O)OC(C)(C)C)O[C@H](COC(=O)C(C)(C)C)[C@H](OC(=O)C(C)(C)C)[C@H](OC(=O)C(C)(C)C)[C@H]1OC(=O)C(C)(C)C. The first kappa shape index (κ1) is 43.8. The van der Waals surface area contributed by atoms with Crippen molar-refractivity contribution in [1.29, 1.82) is 0 Å². The summed E-state index contributed by atoms with van der Waals surface area (Å²) in [7, 11) is 0. The Morgan fingerprint density at radius 3 is 1.47 bits per heavy atom. The van der Waals surface area contributed by atoms with Gasteiger partial charge in [0.1, 0.15) is 23.9 Å². The van der Waals surface area contributed by atoms with Crippen LogP contribution in [0.25, 0.3) is 0 Å². The fourth-order valence-electron chi connectivity index (χ4n) is 4.37. The van der Waals surface area contributed by atoms with Gasteiger partial charge in [-0.25, -0.2) is 0 Å². The Kier molecular flexibility index (Phi) is 14.1. The van der Waals surface area contributed by atoms with Gasteiger partial charge >= 0.3 is 29.8 Å². The molecule has 1 saturated heterocycles. The molecule has 13 heteroatoms. The average molecular weight is 700 g/mol. The lowest BCUT2D eigenvalue weighted by molar-refractivity contribution is -0.291. The van der Waals surface area contributed by atoms with Gasteiger partial charge in [0.05, 0.1) is 28.2 Å². The minimum absolute atomic E-state index is 0.211. The van der Waals surface area contributed by atoms with Gasteiger partial charge in [0.25, 0.3) is 0 Å². The van der Waals surface area contributed by atoms with Crippen molar-refractivity contribution in [3.05, 3.63) is 0 Å². The van der Waals surface area contributed by atoms with Crippen LogP contribution in [0.2, 0.25) is 0 Å². The molecule has 49 heavy (non-hydrogen) atoms. The standard InChI is InChI=1S/C36H61NO12/c1-21(38)37-20-36(18-17-23(39)49-35(14,15)16)26(47-30(43)34(11,12)13)25(46-29(42)33(8,9)10)24(45-28(41)32(5,6)7)22(48-36)19-44-27(40)31(2,3)4/h22,24-26H,17-20H2,1-16H3,(H,37,38)/t22-,24+,25+,26-,36+/m1/s1. The lowest BCUT2D eigenvalue weighted by atomic mass is 9.80. The summed E-state index contributed by atoms with van der Waals surface area (Å²) < 4.78 is 36.2. The second-order valence-corrected chi connectivity index (χ2v) is 17.9. The summed E-state index contributed by atoms with van der Waals surface area (Å²) in [5.41, 5.74) is -6.70. The fourth-order valence-corrected chi connectivity index (χ4v) is 4.37. The average Bonchev–Trinajstić information content (AvgIpc) is 2.89. The fraction of sp³-hybridized carbons (Fsp3) is 0.833. The molecule has 1 aliphatic rings. The van der Waals surface area contributed by atoms with Crippen molar-refractivity contribution in [2.75, 3.05) is 13.2 Å². The number of carbonyl (C=O) groups excluding carboxylic acids is 6. The highest BCUT2D eigenvalue weighted by Crippen LogP contribution is 2.41. The maximum atomic E-state index is 13.6. The molecule has 1 heterocycles. The van der Waals surface area contributed by atoms with E-state index >= 15 is 0 Å². The van der Waals surface area contributed by atoms with E-state index in [1.165, 1.54) is 6.92 Å². The summed E-state index contributed by atoms with van der Waals surface area (Å²) in [5.74, 6) is -3.82. The largest absolute Gasteiger partial charge is 0.462 e. The van der Waals surface area contributed by atoms with Gasteiger partial charge in [-0.3, -0.25) is 28.8 Å². The number of amides is 1. The van der Waals surface area contributed by atoms with E-state index in [-0.39, 0.29) is 19.4 Å². The number of rotatable bonds is 10. The van der Waals surface area contributed by atoms with Crippen LogP contribution in [0, 0.1) is 21.7 Å². The van der Waals surface area contributed by atoms with Crippen molar-refractivity contribution < 1.29 is 57.2 Å². The maximum absolute atomic E-state index is 13.6. The van der Waals surface area contributed by atoms with Crippen molar-refractivity contribution in [3.63, 3.8) is 0 Å². The molecule has 0 aromatic carbocycles. The molecule has 1 aliphatic heterocycles. The van der Waals surface area contributed by atoms with Gasteiger partial charge in [-0.15, -0.1) is 0 Å². The van der Waals surface area contributed by atoms with Crippen LogP contribution in [0.5, 0.6) is 0 Å². The molecule has 0 radical (unpaired) electrons. The zero-order chi connectivity index (χ0) is 38.6. The summed E-state index contributed by atoms with van der Waals surface area (Å²) in [5, 5.41) is 2.70. The quantitative estimate of drug-likeness (QED) is 0.243. The molecule has 5 atom stereocenters. The molecule has 0 saturated carbocycles. The van der Waals surface area contributed by atoms with E-state index in [1.54, 1.807) is 104 Å².